The highest BCUT2D eigenvalue weighted by Gasteiger charge is 2.06. The van der Waals surface area contributed by atoms with Crippen LogP contribution in [0.25, 0.3) is 10.6 Å². The van der Waals surface area contributed by atoms with Crippen LogP contribution in [-0.2, 0) is 16.1 Å². The van der Waals surface area contributed by atoms with Gasteiger partial charge in [0.25, 0.3) is 0 Å². The molecule has 0 spiro atoms. The maximum Gasteiger partial charge on any atom is 0.306 e. The highest BCUT2D eigenvalue weighted by atomic mass is 32.1. The van der Waals surface area contributed by atoms with Crippen LogP contribution in [0.4, 0.5) is 0 Å². The first-order valence-electron chi connectivity index (χ1n) is 5.95. The van der Waals surface area contributed by atoms with E-state index < -0.39 is 0 Å². The Morgan fingerprint density at radius 2 is 2.11 bits per heavy atom. The van der Waals surface area contributed by atoms with Crippen molar-refractivity contribution in [3.05, 3.63) is 41.4 Å². The van der Waals surface area contributed by atoms with Gasteiger partial charge in [0.15, 0.2) is 0 Å². The fourth-order valence-electron chi connectivity index (χ4n) is 1.52. The van der Waals surface area contributed by atoms with Crippen molar-refractivity contribution in [3.8, 4) is 10.6 Å². The fraction of sp³-hybridized carbons (Fsp3) is 0.286. The van der Waals surface area contributed by atoms with Crippen molar-refractivity contribution in [2.45, 2.75) is 26.4 Å². The van der Waals surface area contributed by atoms with Gasteiger partial charge in [0, 0.05) is 18.2 Å². The normalized spacial score (nSPS) is 10.3. The van der Waals surface area contributed by atoms with Gasteiger partial charge in [0.1, 0.15) is 11.6 Å². The summed E-state index contributed by atoms with van der Waals surface area (Å²) in [5, 5.41) is 0.956. The van der Waals surface area contributed by atoms with Gasteiger partial charge in [-0.05, 0) is 6.42 Å². The summed E-state index contributed by atoms with van der Waals surface area (Å²) < 4.78 is 5.15. The van der Waals surface area contributed by atoms with Crippen molar-refractivity contribution >= 4 is 17.3 Å². The lowest BCUT2D eigenvalue weighted by Crippen LogP contribution is -2.02. The van der Waals surface area contributed by atoms with E-state index in [0.717, 1.165) is 21.9 Å². The molecule has 0 atom stereocenters. The summed E-state index contributed by atoms with van der Waals surface area (Å²) in [6.45, 7) is 2.28. The Balaban J connectivity index is 1.97. The molecule has 18 heavy (non-hydrogen) atoms. The van der Waals surface area contributed by atoms with Gasteiger partial charge in [-0.25, -0.2) is 4.98 Å². The maximum atomic E-state index is 11.3. The second kappa shape index (κ2) is 6.31. The first kappa shape index (κ1) is 12.8. The van der Waals surface area contributed by atoms with E-state index in [0.29, 0.717) is 13.0 Å². The Hall–Kier alpha value is -1.68. The number of carbonyl (C=O) groups excluding carboxylic acids is 1. The van der Waals surface area contributed by atoms with E-state index in [9.17, 15) is 4.79 Å². The summed E-state index contributed by atoms with van der Waals surface area (Å²) >= 11 is 1.56. The smallest absolute Gasteiger partial charge is 0.306 e. The van der Waals surface area contributed by atoms with Gasteiger partial charge >= 0.3 is 5.97 Å². The summed E-state index contributed by atoms with van der Waals surface area (Å²) in [6, 6.07) is 9.98. The van der Waals surface area contributed by atoms with Gasteiger partial charge in [-0.2, -0.15) is 0 Å². The molecule has 3 nitrogen and oxygen atoms in total. The summed E-state index contributed by atoms with van der Waals surface area (Å²) in [4.78, 5) is 16.6. The van der Waals surface area contributed by atoms with Crippen molar-refractivity contribution in [1.82, 2.24) is 4.98 Å². The van der Waals surface area contributed by atoms with Crippen LogP contribution >= 0.6 is 11.3 Å². The minimum absolute atomic E-state index is 0.146. The highest BCUT2D eigenvalue weighted by molar-refractivity contribution is 7.15. The molecule has 0 aliphatic carbocycles. The zero-order valence-corrected chi connectivity index (χ0v) is 11.1. The molecule has 1 aromatic carbocycles. The molecule has 0 unspecified atom stereocenters. The number of ether oxygens (including phenoxy) is 1. The second-order valence-corrected chi connectivity index (χ2v) is 5.02. The standard InChI is InChI=1S/C14H15NO2S/c1-2-6-13(16)17-10-12-9-15-14(18-12)11-7-4-3-5-8-11/h3-5,7-9H,2,6,10H2,1H3. The third kappa shape index (κ3) is 3.40. The largest absolute Gasteiger partial charge is 0.460 e. The molecule has 1 aromatic heterocycles. The number of benzene rings is 1. The summed E-state index contributed by atoms with van der Waals surface area (Å²) in [5.74, 6) is -0.146. The van der Waals surface area contributed by atoms with Crippen molar-refractivity contribution in [1.29, 1.82) is 0 Å². The first-order chi connectivity index (χ1) is 8.79. The van der Waals surface area contributed by atoms with Crippen molar-refractivity contribution in [2.24, 2.45) is 0 Å². The number of nitrogens with zero attached hydrogens (tertiary/aromatic N) is 1. The van der Waals surface area contributed by atoms with Gasteiger partial charge in [-0.1, -0.05) is 37.3 Å². The molecule has 0 aliphatic heterocycles. The van der Waals surface area contributed by atoms with Crippen LogP contribution in [0.1, 0.15) is 24.6 Å². The molecule has 2 aromatic rings. The SMILES string of the molecule is CCCC(=O)OCc1cnc(-c2ccccc2)s1. The maximum absolute atomic E-state index is 11.3. The molecule has 0 radical (unpaired) electrons. The number of hydrogen-bond donors (Lipinski definition) is 0. The number of aromatic nitrogens is 1. The number of esters is 1. The van der Waals surface area contributed by atoms with Crippen LogP contribution in [-0.4, -0.2) is 11.0 Å². The lowest BCUT2D eigenvalue weighted by Gasteiger charge is -2.00. The lowest BCUT2D eigenvalue weighted by molar-refractivity contribution is -0.144. The van der Waals surface area contributed by atoms with E-state index >= 15 is 0 Å². The van der Waals surface area contributed by atoms with E-state index in [1.807, 2.05) is 37.3 Å². The Labute approximate surface area is 110 Å². The third-order valence-electron chi connectivity index (χ3n) is 2.40. The van der Waals surface area contributed by atoms with Crippen LogP contribution in [0.15, 0.2) is 36.5 Å². The van der Waals surface area contributed by atoms with E-state index in [1.54, 1.807) is 17.5 Å². The van der Waals surface area contributed by atoms with Gasteiger partial charge in [-0.15, -0.1) is 11.3 Å². The third-order valence-corrected chi connectivity index (χ3v) is 3.42. The highest BCUT2D eigenvalue weighted by Crippen LogP contribution is 2.25. The van der Waals surface area contributed by atoms with Crippen molar-refractivity contribution in [2.75, 3.05) is 0 Å². The van der Waals surface area contributed by atoms with E-state index in [2.05, 4.69) is 4.98 Å². The summed E-state index contributed by atoms with van der Waals surface area (Å²) in [6.07, 6.45) is 3.06. The molecular formula is C14H15NO2S. The van der Waals surface area contributed by atoms with Gasteiger partial charge in [-0.3, -0.25) is 4.79 Å². The van der Waals surface area contributed by atoms with Gasteiger partial charge < -0.3 is 4.74 Å². The average molecular weight is 261 g/mol. The number of carbonyl (C=O) groups is 1. The fourth-order valence-corrected chi connectivity index (χ4v) is 2.35. The monoisotopic (exact) mass is 261 g/mol. The molecule has 1 heterocycles. The zero-order valence-electron chi connectivity index (χ0n) is 10.3. The molecule has 94 valence electrons. The Morgan fingerprint density at radius 3 is 2.83 bits per heavy atom. The minimum atomic E-state index is -0.146. The predicted molar refractivity (Wildman–Crippen MR) is 72.3 cm³/mol. The molecule has 0 bridgehead atoms. The Kier molecular flexibility index (Phi) is 4.47. The average Bonchev–Trinajstić information content (AvgIpc) is 2.87. The Morgan fingerprint density at radius 1 is 1.33 bits per heavy atom. The van der Waals surface area contributed by atoms with E-state index in [4.69, 9.17) is 4.74 Å². The topological polar surface area (TPSA) is 39.2 Å². The number of thiazole rings is 1. The second-order valence-electron chi connectivity index (χ2n) is 3.91. The molecule has 0 fully saturated rings. The summed E-state index contributed by atoms with van der Waals surface area (Å²) in [5.41, 5.74) is 1.09. The van der Waals surface area contributed by atoms with Crippen molar-refractivity contribution < 1.29 is 9.53 Å². The first-order valence-corrected chi connectivity index (χ1v) is 6.77. The molecule has 0 saturated carbocycles. The van der Waals surface area contributed by atoms with Crippen LogP contribution in [0.2, 0.25) is 0 Å². The van der Waals surface area contributed by atoms with Crippen molar-refractivity contribution in [3.63, 3.8) is 0 Å². The molecule has 0 aliphatic rings. The zero-order chi connectivity index (χ0) is 12.8. The van der Waals surface area contributed by atoms with E-state index in [-0.39, 0.29) is 5.97 Å². The van der Waals surface area contributed by atoms with Crippen LogP contribution in [0, 0.1) is 0 Å². The predicted octanol–water partition coefficient (Wildman–Crippen LogP) is 3.65. The minimum Gasteiger partial charge on any atom is -0.460 e. The van der Waals surface area contributed by atoms with Crippen LogP contribution in [0.5, 0.6) is 0 Å². The Bertz CT molecular complexity index is 508. The quantitative estimate of drug-likeness (QED) is 0.771. The number of rotatable bonds is 5. The molecule has 0 saturated heterocycles. The number of hydrogen-bond acceptors (Lipinski definition) is 4. The van der Waals surface area contributed by atoms with Crippen LogP contribution in [0.3, 0.4) is 0 Å². The van der Waals surface area contributed by atoms with Gasteiger partial charge in [0.05, 0.1) is 4.88 Å². The summed E-state index contributed by atoms with van der Waals surface area (Å²) in [7, 11) is 0. The lowest BCUT2D eigenvalue weighted by atomic mass is 10.2. The van der Waals surface area contributed by atoms with Gasteiger partial charge in [0.2, 0.25) is 0 Å². The van der Waals surface area contributed by atoms with Crippen LogP contribution < -0.4 is 0 Å². The molecule has 4 heteroatoms. The van der Waals surface area contributed by atoms with E-state index in [1.165, 1.54) is 0 Å². The molecule has 2 rings (SSSR count). The molecule has 0 amide bonds. The molecule has 0 N–H and O–H groups in total. The molecular weight excluding hydrogens is 246 g/mol.